The summed E-state index contributed by atoms with van der Waals surface area (Å²) in [5.41, 5.74) is 34.9. The van der Waals surface area contributed by atoms with Crippen molar-refractivity contribution in [2.75, 3.05) is 26.2 Å². The van der Waals surface area contributed by atoms with Gasteiger partial charge < -0.3 is 34.4 Å². The van der Waals surface area contributed by atoms with Crippen LogP contribution in [0.15, 0.2) is 24.3 Å². The largest absolute Gasteiger partial charge is 0.330 e. The van der Waals surface area contributed by atoms with Gasteiger partial charge in [0.05, 0.1) is 0 Å². The van der Waals surface area contributed by atoms with Gasteiger partial charge >= 0.3 is 0 Å². The van der Waals surface area contributed by atoms with Gasteiger partial charge in [0.15, 0.2) is 0 Å². The predicted octanol–water partition coefficient (Wildman–Crippen LogP) is 5.14. The van der Waals surface area contributed by atoms with Crippen LogP contribution < -0.4 is 34.4 Å². The topological polar surface area (TPSA) is 190 Å². The molecule has 250 valence electrons. The molecule has 0 spiro atoms. The molecule has 2 aliphatic rings. The molecular weight excluding hydrogens is 536 g/mol. The minimum Gasteiger partial charge on any atom is -0.330 e. The van der Waals surface area contributed by atoms with Gasteiger partial charge in [-0.05, 0) is 133 Å². The monoisotopic (exact) mass is 605 g/mol. The lowest BCUT2D eigenvalue weighted by Crippen LogP contribution is -2.30. The Hall–Kier alpha value is -1.68. The van der Waals surface area contributed by atoms with Crippen LogP contribution in [0.5, 0.6) is 0 Å². The average Bonchev–Trinajstić information content (AvgIpc) is 3.00. The van der Waals surface area contributed by atoms with E-state index in [0.717, 1.165) is 69.8 Å². The lowest BCUT2D eigenvalue weighted by atomic mass is 9.76. The summed E-state index contributed by atoms with van der Waals surface area (Å²) in [5.74, 6) is 2.57. The van der Waals surface area contributed by atoms with Crippen molar-refractivity contribution in [3.05, 3.63) is 35.4 Å². The Morgan fingerprint density at radius 2 is 1.09 bits per heavy atom. The van der Waals surface area contributed by atoms with Gasteiger partial charge in [0, 0.05) is 23.2 Å². The van der Waals surface area contributed by atoms with Gasteiger partial charge in [-0.15, -0.1) is 0 Å². The minimum absolute atomic E-state index is 0.369. The van der Waals surface area contributed by atoms with E-state index in [1.165, 1.54) is 70.6 Å². The Kier molecular flexibility index (Phi) is 24.6. The highest BCUT2D eigenvalue weighted by molar-refractivity contribution is 5.79. The van der Waals surface area contributed by atoms with Crippen molar-refractivity contribution in [2.45, 2.75) is 123 Å². The van der Waals surface area contributed by atoms with Gasteiger partial charge in [-0.2, -0.15) is 0 Å². The highest BCUT2D eigenvalue weighted by atomic mass is 16.1. The van der Waals surface area contributed by atoms with Crippen molar-refractivity contribution in [1.82, 2.24) is 0 Å². The third-order valence-electron chi connectivity index (χ3n) is 8.69. The van der Waals surface area contributed by atoms with Crippen molar-refractivity contribution in [3.8, 4) is 0 Å². The van der Waals surface area contributed by atoms with Crippen LogP contribution in [0.2, 0.25) is 0 Å². The fourth-order valence-corrected chi connectivity index (χ4v) is 5.96. The second-order valence-electron chi connectivity index (χ2n) is 13.6. The lowest BCUT2D eigenvalue weighted by Gasteiger charge is -2.32. The van der Waals surface area contributed by atoms with E-state index in [-0.39, 0.29) is 0 Å². The Morgan fingerprint density at radius 3 is 1.40 bits per heavy atom. The minimum atomic E-state index is 0.369. The van der Waals surface area contributed by atoms with Gasteiger partial charge in [-0.25, -0.2) is 0 Å². The standard InChI is InChI=1S/C13H26N2.C9H22N2.C8H6O2.C5H14N2/c14-12-5-1-10(2-6-12)9-11-3-7-13(15)8-4-11;1-8(7-11)6-9(2,3)4-5-10;9-5-7-1-2-8(6-10)4-3-7;6-4-2-1-3-5-7/h10-13H,1-9,14-15H2;8H,4-7,10-11H2,1-3H3;1-6H;1-7H2. The number of nitrogens with two attached hydrogens (primary N) is 6. The fourth-order valence-electron chi connectivity index (χ4n) is 5.96. The van der Waals surface area contributed by atoms with Crippen LogP contribution in [-0.4, -0.2) is 50.8 Å². The Morgan fingerprint density at radius 1 is 0.698 bits per heavy atom. The molecule has 0 aromatic heterocycles. The normalized spacial score (nSPS) is 22.3. The molecule has 0 saturated heterocycles. The molecular formula is C35H68N6O2. The SMILES string of the molecule is CC(CN)CC(C)(C)CCN.NC1CCC(CC2CCC(N)CC2)CC1.NCCCCCN.O=Cc1ccc(C=O)cc1. The summed E-state index contributed by atoms with van der Waals surface area (Å²) in [5, 5.41) is 0. The molecule has 3 rings (SSSR count). The van der Waals surface area contributed by atoms with Crippen LogP contribution >= 0.6 is 0 Å². The second kappa shape index (κ2) is 25.6. The lowest BCUT2D eigenvalue weighted by molar-refractivity contribution is 0.111. The molecule has 2 fully saturated rings. The first-order valence-corrected chi connectivity index (χ1v) is 16.9. The van der Waals surface area contributed by atoms with Gasteiger partial charge in [-0.1, -0.05) is 51.5 Å². The Labute approximate surface area is 263 Å². The quantitative estimate of drug-likeness (QED) is 0.132. The summed E-state index contributed by atoms with van der Waals surface area (Å²) in [6, 6.07) is 7.43. The molecule has 2 aliphatic carbocycles. The first-order chi connectivity index (χ1) is 20.5. The van der Waals surface area contributed by atoms with E-state index < -0.39 is 0 Å². The van der Waals surface area contributed by atoms with Crippen LogP contribution in [-0.2, 0) is 0 Å². The molecule has 0 heterocycles. The molecule has 0 aliphatic heterocycles. The van der Waals surface area contributed by atoms with Crippen molar-refractivity contribution in [2.24, 2.45) is 57.6 Å². The molecule has 8 nitrogen and oxygen atoms in total. The summed E-state index contributed by atoms with van der Waals surface area (Å²) < 4.78 is 0. The third kappa shape index (κ3) is 22.5. The number of carbonyl (C=O) groups excluding carboxylic acids is 2. The van der Waals surface area contributed by atoms with Crippen LogP contribution in [0, 0.1) is 23.2 Å². The summed E-state index contributed by atoms with van der Waals surface area (Å²) in [7, 11) is 0. The highest BCUT2D eigenvalue weighted by Crippen LogP contribution is 2.34. The van der Waals surface area contributed by atoms with Crippen molar-refractivity contribution in [3.63, 3.8) is 0 Å². The van der Waals surface area contributed by atoms with E-state index in [2.05, 4.69) is 20.8 Å². The third-order valence-corrected chi connectivity index (χ3v) is 8.69. The average molecular weight is 605 g/mol. The predicted molar refractivity (Wildman–Crippen MR) is 184 cm³/mol. The van der Waals surface area contributed by atoms with Crippen LogP contribution in [0.3, 0.4) is 0 Å². The molecule has 1 unspecified atom stereocenters. The molecule has 0 bridgehead atoms. The smallest absolute Gasteiger partial charge is 0.150 e. The zero-order valence-corrected chi connectivity index (χ0v) is 27.9. The Balaban J connectivity index is 0.000000569. The maximum absolute atomic E-state index is 10.1. The second-order valence-corrected chi connectivity index (χ2v) is 13.6. The van der Waals surface area contributed by atoms with Crippen molar-refractivity contribution < 1.29 is 9.59 Å². The van der Waals surface area contributed by atoms with Gasteiger partial charge in [-0.3, -0.25) is 9.59 Å². The Bertz CT molecular complexity index is 737. The highest BCUT2D eigenvalue weighted by Gasteiger charge is 2.24. The molecule has 1 atom stereocenters. The molecule has 43 heavy (non-hydrogen) atoms. The number of hydrogen-bond acceptors (Lipinski definition) is 8. The summed E-state index contributed by atoms with van der Waals surface area (Å²) in [6.45, 7) is 9.88. The van der Waals surface area contributed by atoms with E-state index >= 15 is 0 Å². The van der Waals surface area contributed by atoms with Gasteiger partial charge in [0.25, 0.3) is 0 Å². The molecule has 0 amide bonds. The number of unbranched alkanes of at least 4 members (excludes halogenated alkanes) is 2. The number of aldehydes is 2. The first kappa shape index (κ1) is 41.3. The van der Waals surface area contributed by atoms with E-state index in [4.69, 9.17) is 34.4 Å². The molecule has 12 N–H and O–H groups in total. The first-order valence-electron chi connectivity index (χ1n) is 16.9. The summed E-state index contributed by atoms with van der Waals surface area (Å²) >= 11 is 0. The zero-order valence-electron chi connectivity index (χ0n) is 27.9. The maximum Gasteiger partial charge on any atom is 0.150 e. The summed E-state index contributed by atoms with van der Waals surface area (Å²) in [4.78, 5) is 20.2. The number of carbonyl (C=O) groups is 2. The molecule has 1 aromatic rings. The van der Waals surface area contributed by atoms with E-state index in [1.807, 2.05) is 0 Å². The van der Waals surface area contributed by atoms with Gasteiger partial charge in [0.2, 0.25) is 0 Å². The van der Waals surface area contributed by atoms with E-state index in [0.29, 0.717) is 34.5 Å². The molecule has 1 aromatic carbocycles. The van der Waals surface area contributed by atoms with Gasteiger partial charge in [0.1, 0.15) is 12.6 Å². The van der Waals surface area contributed by atoms with E-state index in [1.54, 1.807) is 24.3 Å². The molecule has 0 radical (unpaired) electrons. The van der Waals surface area contributed by atoms with Crippen molar-refractivity contribution >= 4 is 12.6 Å². The summed E-state index contributed by atoms with van der Waals surface area (Å²) in [6.07, 6.45) is 19.2. The van der Waals surface area contributed by atoms with Crippen LogP contribution in [0.25, 0.3) is 0 Å². The maximum atomic E-state index is 10.1. The van der Waals surface area contributed by atoms with Crippen molar-refractivity contribution in [1.29, 1.82) is 0 Å². The van der Waals surface area contributed by atoms with E-state index in [9.17, 15) is 9.59 Å². The molecule has 2 saturated carbocycles. The van der Waals surface area contributed by atoms with Crippen LogP contribution in [0.1, 0.15) is 131 Å². The number of benzene rings is 1. The zero-order chi connectivity index (χ0) is 32.5. The number of hydrogen-bond donors (Lipinski definition) is 6. The fraction of sp³-hybridized carbons (Fsp3) is 0.771. The van der Waals surface area contributed by atoms with Crippen LogP contribution in [0.4, 0.5) is 0 Å². The number of rotatable bonds is 13. The molecule has 8 heteroatoms.